The van der Waals surface area contributed by atoms with Gasteiger partial charge >= 0.3 is 0 Å². The summed E-state index contributed by atoms with van der Waals surface area (Å²) in [6.07, 6.45) is 0. The Balaban J connectivity index is 2.52. The highest BCUT2D eigenvalue weighted by molar-refractivity contribution is 7.89. The normalized spacial score (nSPS) is 10.6. The van der Waals surface area contributed by atoms with Crippen LogP contribution in [0, 0.1) is 11.8 Å². The topological polar surface area (TPSA) is 95.5 Å². The molecule has 1 aromatic rings. The number of thiophene rings is 1. The van der Waals surface area contributed by atoms with E-state index in [0.717, 1.165) is 0 Å². The van der Waals surface area contributed by atoms with Crippen LogP contribution in [0.1, 0.15) is 15.2 Å². The molecule has 0 aliphatic heterocycles. The number of nitrogens with one attached hydrogen (secondary N) is 2. The number of sulfonamides is 1. The quantitative estimate of drug-likeness (QED) is 0.631. The van der Waals surface area contributed by atoms with Crippen LogP contribution in [0.4, 0.5) is 0 Å². The van der Waals surface area contributed by atoms with Crippen molar-refractivity contribution in [3.05, 3.63) is 21.9 Å². The molecule has 19 heavy (non-hydrogen) atoms. The lowest BCUT2D eigenvalue weighted by Gasteiger charge is -2.04. The predicted octanol–water partition coefficient (Wildman–Crippen LogP) is -0.629. The second-order valence-corrected chi connectivity index (χ2v) is 6.40. The van der Waals surface area contributed by atoms with Crippen molar-refractivity contribution in [2.24, 2.45) is 0 Å². The number of rotatable bonds is 5. The summed E-state index contributed by atoms with van der Waals surface area (Å²) in [5.74, 6) is 4.66. The first-order valence-corrected chi connectivity index (χ1v) is 7.89. The zero-order valence-corrected chi connectivity index (χ0v) is 11.9. The van der Waals surface area contributed by atoms with E-state index in [-0.39, 0.29) is 24.8 Å². The summed E-state index contributed by atoms with van der Waals surface area (Å²) in [5, 5.41) is 12.7. The van der Waals surface area contributed by atoms with Crippen molar-refractivity contribution >= 4 is 27.3 Å². The number of amides is 1. The van der Waals surface area contributed by atoms with E-state index in [1.807, 2.05) is 0 Å². The minimum absolute atomic E-state index is 0.0372. The van der Waals surface area contributed by atoms with E-state index in [1.54, 1.807) is 11.4 Å². The minimum atomic E-state index is -3.32. The summed E-state index contributed by atoms with van der Waals surface area (Å²) in [5.41, 5.74) is 0.425. The van der Waals surface area contributed by atoms with Crippen molar-refractivity contribution < 1.29 is 18.3 Å². The van der Waals surface area contributed by atoms with Crippen LogP contribution in [0.3, 0.4) is 0 Å². The van der Waals surface area contributed by atoms with Crippen molar-refractivity contribution in [2.45, 2.75) is 0 Å². The van der Waals surface area contributed by atoms with Crippen molar-refractivity contribution in [3.63, 3.8) is 0 Å². The van der Waals surface area contributed by atoms with E-state index >= 15 is 0 Å². The van der Waals surface area contributed by atoms with Gasteiger partial charge < -0.3 is 10.4 Å². The van der Waals surface area contributed by atoms with Crippen LogP contribution in [-0.4, -0.2) is 45.4 Å². The van der Waals surface area contributed by atoms with Crippen LogP contribution >= 0.6 is 11.3 Å². The lowest BCUT2D eigenvalue weighted by atomic mass is 10.3. The average Bonchev–Trinajstić information content (AvgIpc) is 2.85. The molecule has 0 atom stereocenters. The molecule has 0 saturated carbocycles. The van der Waals surface area contributed by atoms with Crippen molar-refractivity contribution in [1.82, 2.24) is 10.0 Å². The molecule has 3 N–H and O–H groups in total. The van der Waals surface area contributed by atoms with Crippen LogP contribution in [0.2, 0.25) is 0 Å². The molecule has 0 saturated heterocycles. The molecule has 6 nitrogen and oxygen atoms in total. The Hall–Kier alpha value is -1.40. The maximum Gasteiger partial charge on any atom is 0.252 e. The van der Waals surface area contributed by atoms with E-state index in [1.165, 1.54) is 18.4 Å². The zero-order chi connectivity index (χ0) is 14.3. The molecule has 0 fully saturated rings. The van der Waals surface area contributed by atoms with E-state index in [9.17, 15) is 13.2 Å². The van der Waals surface area contributed by atoms with Gasteiger partial charge in [0.1, 0.15) is 6.61 Å². The molecule has 1 aromatic heterocycles. The predicted molar refractivity (Wildman–Crippen MR) is 73.5 cm³/mol. The standard InChI is InChI=1S/C11H14N2O4S2/c1-12-19(16,17)6-4-13-11(15)9-7-10(18-8-9)3-2-5-14/h7-8,12,14H,4-6H2,1H3,(H,13,15). The van der Waals surface area contributed by atoms with Crippen LogP contribution in [0.5, 0.6) is 0 Å². The molecular formula is C11H14N2O4S2. The third-order valence-electron chi connectivity index (χ3n) is 2.12. The molecule has 0 aliphatic rings. The SMILES string of the molecule is CNS(=O)(=O)CCNC(=O)c1csc(C#CCO)c1. The van der Waals surface area contributed by atoms with Gasteiger partial charge in [0.25, 0.3) is 5.91 Å². The molecule has 0 aromatic carbocycles. The highest BCUT2D eigenvalue weighted by atomic mass is 32.2. The fourth-order valence-corrected chi connectivity index (χ4v) is 2.48. The van der Waals surface area contributed by atoms with Gasteiger partial charge in [0.2, 0.25) is 10.0 Å². The molecule has 0 spiro atoms. The third kappa shape index (κ3) is 5.40. The van der Waals surface area contributed by atoms with Gasteiger partial charge in [0.15, 0.2) is 0 Å². The van der Waals surface area contributed by atoms with Crippen molar-refractivity contribution in [2.75, 3.05) is 26.0 Å². The third-order valence-corrected chi connectivity index (χ3v) is 4.33. The summed E-state index contributed by atoms with van der Waals surface area (Å²) in [6, 6.07) is 1.59. The minimum Gasteiger partial charge on any atom is -0.384 e. The van der Waals surface area contributed by atoms with E-state index in [4.69, 9.17) is 5.11 Å². The van der Waals surface area contributed by atoms with Gasteiger partial charge in [-0.2, -0.15) is 0 Å². The molecule has 0 bridgehead atoms. The molecule has 104 valence electrons. The van der Waals surface area contributed by atoms with Crippen LogP contribution < -0.4 is 10.0 Å². The van der Waals surface area contributed by atoms with Gasteiger partial charge in [-0.3, -0.25) is 4.79 Å². The maximum absolute atomic E-state index is 11.7. The Morgan fingerprint density at radius 1 is 1.53 bits per heavy atom. The summed E-state index contributed by atoms with van der Waals surface area (Å²) < 4.78 is 24.4. The highest BCUT2D eigenvalue weighted by Crippen LogP contribution is 2.13. The van der Waals surface area contributed by atoms with Crippen LogP contribution in [-0.2, 0) is 10.0 Å². The molecule has 0 unspecified atom stereocenters. The summed E-state index contributed by atoms with van der Waals surface area (Å²) >= 11 is 1.29. The first-order valence-electron chi connectivity index (χ1n) is 5.36. The Bertz CT molecular complexity index is 596. The molecule has 0 radical (unpaired) electrons. The zero-order valence-electron chi connectivity index (χ0n) is 10.3. The lowest BCUT2D eigenvalue weighted by molar-refractivity contribution is 0.0956. The van der Waals surface area contributed by atoms with Gasteiger partial charge in [-0.25, -0.2) is 13.1 Å². The van der Waals surface area contributed by atoms with Gasteiger partial charge in [0, 0.05) is 11.9 Å². The van der Waals surface area contributed by atoms with Gasteiger partial charge in [-0.1, -0.05) is 11.8 Å². The van der Waals surface area contributed by atoms with Gasteiger partial charge in [0.05, 0.1) is 16.2 Å². The first-order chi connectivity index (χ1) is 8.98. The van der Waals surface area contributed by atoms with Crippen LogP contribution in [0.25, 0.3) is 0 Å². The second-order valence-electron chi connectivity index (χ2n) is 3.44. The fraction of sp³-hybridized carbons (Fsp3) is 0.364. The largest absolute Gasteiger partial charge is 0.384 e. The number of carbonyl (C=O) groups is 1. The number of aliphatic hydroxyl groups excluding tert-OH is 1. The Morgan fingerprint density at radius 2 is 2.26 bits per heavy atom. The summed E-state index contributed by atoms with van der Waals surface area (Å²) in [6.45, 7) is -0.198. The summed E-state index contributed by atoms with van der Waals surface area (Å²) in [7, 11) is -1.99. The maximum atomic E-state index is 11.7. The van der Waals surface area contributed by atoms with E-state index in [0.29, 0.717) is 10.4 Å². The van der Waals surface area contributed by atoms with E-state index < -0.39 is 10.0 Å². The second kappa shape index (κ2) is 7.25. The first kappa shape index (κ1) is 15.7. The molecular weight excluding hydrogens is 288 g/mol. The molecule has 8 heteroatoms. The molecule has 1 heterocycles. The van der Waals surface area contributed by atoms with E-state index in [2.05, 4.69) is 21.9 Å². The smallest absolute Gasteiger partial charge is 0.252 e. The number of aliphatic hydroxyl groups is 1. The Labute approximate surface area is 115 Å². The van der Waals surface area contributed by atoms with Crippen molar-refractivity contribution in [1.29, 1.82) is 0 Å². The molecule has 0 aliphatic carbocycles. The molecule has 1 amide bonds. The number of hydrogen-bond donors (Lipinski definition) is 3. The lowest BCUT2D eigenvalue weighted by Crippen LogP contribution is -2.32. The fourth-order valence-electron chi connectivity index (χ4n) is 1.15. The van der Waals surface area contributed by atoms with Gasteiger partial charge in [-0.05, 0) is 13.1 Å². The monoisotopic (exact) mass is 302 g/mol. The van der Waals surface area contributed by atoms with Crippen LogP contribution in [0.15, 0.2) is 11.4 Å². The highest BCUT2D eigenvalue weighted by Gasteiger charge is 2.10. The Kier molecular flexibility index (Phi) is 5.98. The Morgan fingerprint density at radius 3 is 2.89 bits per heavy atom. The van der Waals surface area contributed by atoms with Crippen molar-refractivity contribution in [3.8, 4) is 11.8 Å². The molecule has 1 rings (SSSR count). The summed E-state index contributed by atoms with van der Waals surface area (Å²) in [4.78, 5) is 12.4. The average molecular weight is 302 g/mol. The number of hydrogen-bond acceptors (Lipinski definition) is 5. The number of carbonyl (C=O) groups excluding carboxylic acids is 1. The van der Waals surface area contributed by atoms with Gasteiger partial charge in [-0.15, -0.1) is 11.3 Å².